The summed E-state index contributed by atoms with van der Waals surface area (Å²) in [5.41, 5.74) is 0. The minimum absolute atomic E-state index is 0.0398. The predicted octanol–water partition coefficient (Wildman–Crippen LogP) is -1.21. The number of nitrogens with zero attached hydrogens (tertiary/aromatic N) is 1. The number of amides is 2. The van der Waals surface area contributed by atoms with Crippen LogP contribution in [0, 0.1) is 0 Å². The average molecular weight is 279 g/mol. The standard InChI is InChI=1S/C9H17N3O5S/c1-10-18(16,17)5-4-11-9(15)12(6-8(13)14)7-2-3-7/h7,10H,2-6H2,1H3,(H,11,15)(H,13,14). The highest BCUT2D eigenvalue weighted by molar-refractivity contribution is 7.89. The Bertz CT molecular complexity index is 418. The summed E-state index contributed by atoms with van der Waals surface area (Å²) < 4.78 is 24.3. The molecule has 0 aliphatic heterocycles. The second-order valence-electron chi connectivity index (χ2n) is 4.01. The number of carboxylic acid groups (broad SMARTS) is 1. The van der Waals surface area contributed by atoms with Gasteiger partial charge in [0, 0.05) is 12.6 Å². The van der Waals surface area contributed by atoms with Gasteiger partial charge in [0.1, 0.15) is 6.54 Å². The summed E-state index contributed by atoms with van der Waals surface area (Å²) in [5.74, 6) is -1.32. The van der Waals surface area contributed by atoms with Crippen molar-refractivity contribution < 1.29 is 23.1 Å². The Morgan fingerprint density at radius 3 is 2.44 bits per heavy atom. The van der Waals surface area contributed by atoms with Gasteiger partial charge in [-0.15, -0.1) is 0 Å². The van der Waals surface area contributed by atoms with Crippen LogP contribution < -0.4 is 10.0 Å². The van der Waals surface area contributed by atoms with Crippen LogP contribution in [0.5, 0.6) is 0 Å². The first kappa shape index (κ1) is 14.7. The molecule has 9 heteroatoms. The maximum atomic E-state index is 11.7. The summed E-state index contributed by atoms with van der Waals surface area (Å²) in [5, 5.41) is 11.1. The van der Waals surface area contributed by atoms with Crippen LogP contribution in [0.2, 0.25) is 0 Å². The molecule has 0 atom stereocenters. The average Bonchev–Trinajstić information content (AvgIpc) is 3.09. The summed E-state index contributed by atoms with van der Waals surface area (Å²) >= 11 is 0. The molecule has 18 heavy (non-hydrogen) atoms. The zero-order valence-electron chi connectivity index (χ0n) is 10.0. The molecule has 3 N–H and O–H groups in total. The number of nitrogens with one attached hydrogen (secondary N) is 2. The molecule has 0 spiro atoms. The van der Waals surface area contributed by atoms with E-state index in [0.717, 1.165) is 12.8 Å². The second-order valence-corrected chi connectivity index (χ2v) is 6.05. The first-order chi connectivity index (χ1) is 8.35. The third-order valence-corrected chi connectivity index (χ3v) is 3.88. The largest absolute Gasteiger partial charge is 0.480 e. The topological polar surface area (TPSA) is 116 Å². The highest BCUT2D eigenvalue weighted by atomic mass is 32.2. The first-order valence-electron chi connectivity index (χ1n) is 5.53. The van der Waals surface area contributed by atoms with Gasteiger partial charge >= 0.3 is 12.0 Å². The molecule has 1 saturated carbocycles. The minimum atomic E-state index is -3.37. The van der Waals surface area contributed by atoms with E-state index in [1.165, 1.54) is 11.9 Å². The van der Waals surface area contributed by atoms with E-state index in [4.69, 9.17) is 5.11 Å². The van der Waals surface area contributed by atoms with Crippen LogP contribution in [0.3, 0.4) is 0 Å². The summed E-state index contributed by atoms with van der Waals surface area (Å²) in [4.78, 5) is 23.5. The van der Waals surface area contributed by atoms with E-state index >= 15 is 0 Å². The Balaban J connectivity index is 2.40. The fourth-order valence-corrected chi connectivity index (χ4v) is 1.97. The second kappa shape index (κ2) is 6.01. The third kappa shape index (κ3) is 4.88. The van der Waals surface area contributed by atoms with Gasteiger partial charge in [0.25, 0.3) is 0 Å². The highest BCUT2D eigenvalue weighted by Crippen LogP contribution is 2.26. The van der Waals surface area contributed by atoms with Gasteiger partial charge in [-0.25, -0.2) is 17.9 Å². The van der Waals surface area contributed by atoms with Crippen molar-refractivity contribution in [2.75, 3.05) is 25.9 Å². The number of carbonyl (C=O) groups is 2. The number of rotatable bonds is 7. The van der Waals surface area contributed by atoms with Crippen LogP contribution in [0.1, 0.15) is 12.8 Å². The molecule has 0 bridgehead atoms. The van der Waals surface area contributed by atoms with Crippen LogP contribution in [0.25, 0.3) is 0 Å². The SMILES string of the molecule is CNS(=O)(=O)CCNC(=O)N(CC(=O)O)C1CC1. The molecule has 1 aliphatic carbocycles. The van der Waals surface area contributed by atoms with E-state index in [0.29, 0.717) is 0 Å². The molecule has 0 aromatic carbocycles. The van der Waals surface area contributed by atoms with Crippen LogP contribution in [0.15, 0.2) is 0 Å². The monoisotopic (exact) mass is 279 g/mol. The molecule has 1 rings (SSSR count). The van der Waals surface area contributed by atoms with Crippen molar-refractivity contribution in [3.63, 3.8) is 0 Å². The van der Waals surface area contributed by atoms with E-state index in [2.05, 4.69) is 10.0 Å². The molecule has 0 saturated heterocycles. The van der Waals surface area contributed by atoms with Gasteiger partial charge in [-0.2, -0.15) is 0 Å². The van der Waals surface area contributed by atoms with Crippen LogP contribution in [-0.4, -0.2) is 62.4 Å². The lowest BCUT2D eigenvalue weighted by atomic mass is 10.5. The Kier molecular flexibility index (Phi) is 4.91. The molecule has 104 valence electrons. The molecule has 0 aromatic rings. The number of aliphatic carboxylic acids is 1. The molecule has 8 nitrogen and oxygen atoms in total. The van der Waals surface area contributed by atoms with E-state index in [9.17, 15) is 18.0 Å². The van der Waals surface area contributed by atoms with E-state index < -0.39 is 22.0 Å². The lowest BCUT2D eigenvalue weighted by Gasteiger charge is -2.20. The molecular formula is C9H17N3O5S. The summed E-state index contributed by atoms with van der Waals surface area (Å²) in [6, 6.07) is -0.576. The van der Waals surface area contributed by atoms with Gasteiger partial charge < -0.3 is 15.3 Å². The summed E-state index contributed by atoms with van der Waals surface area (Å²) in [6.07, 6.45) is 1.57. The normalized spacial score (nSPS) is 15.2. The zero-order chi connectivity index (χ0) is 13.8. The van der Waals surface area contributed by atoms with Crippen molar-refractivity contribution in [3.05, 3.63) is 0 Å². The quantitative estimate of drug-likeness (QED) is 0.541. The third-order valence-electron chi connectivity index (χ3n) is 2.51. The Morgan fingerprint density at radius 2 is 2.00 bits per heavy atom. The summed E-state index contributed by atoms with van der Waals surface area (Å²) in [6.45, 7) is -0.417. The Hall–Kier alpha value is -1.35. The van der Waals surface area contributed by atoms with E-state index in [1.807, 2.05) is 0 Å². The lowest BCUT2D eigenvalue weighted by molar-refractivity contribution is -0.137. The number of carbonyl (C=O) groups excluding carboxylic acids is 1. The number of urea groups is 1. The number of hydrogen-bond donors (Lipinski definition) is 3. The maximum Gasteiger partial charge on any atom is 0.323 e. The molecule has 0 unspecified atom stereocenters. The van der Waals surface area contributed by atoms with Crippen molar-refractivity contribution in [1.82, 2.24) is 14.9 Å². The van der Waals surface area contributed by atoms with Crippen LogP contribution in [-0.2, 0) is 14.8 Å². The number of hydrogen-bond acceptors (Lipinski definition) is 4. The van der Waals surface area contributed by atoms with Gasteiger partial charge in [-0.1, -0.05) is 0 Å². The number of carboxylic acids is 1. The van der Waals surface area contributed by atoms with Crippen LogP contribution >= 0.6 is 0 Å². The summed E-state index contributed by atoms with van der Waals surface area (Å²) in [7, 11) is -2.08. The lowest BCUT2D eigenvalue weighted by Crippen LogP contribution is -2.45. The van der Waals surface area contributed by atoms with Crippen molar-refractivity contribution in [2.45, 2.75) is 18.9 Å². The highest BCUT2D eigenvalue weighted by Gasteiger charge is 2.33. The first-order valence-corrected chi connectivity index (χ1v) is 7.18. The van der Waals surface area contributed by atoms with Crippen molar-refractivity contribution in [2.24, 2.45) is 0 Å². The van der Waals surface area contributed by atoms with Gasteiger partial charge in [-0.3, -0.25) is 4.79 Å². The maximum absolute atomic E-state index is 11.7. The molecule has 1 aliphatic rings. The van der Waals surface area contributed by atoms with Crippen molar-refractivity contribution >= 4 is 22.0 Å². The molecule has 0 aromatic heterocycles. The molecule has 0 radical (unpaired) electrons. The molecule has 2 amide bonds. The molecule has 1 fully saturated rings. The molecular weight excluding hydrogens is 262 g/mol. The fourth-order valence-electron chi connectivity index (χ4n) is 1.39. The zero-order valence-corrected chi connectivity index (χ0v) is 10.9. The van der Waals surface area contributed by atoms with Gasteiger partial charge in [0.05, 0.1) is 5.75 Å². The van der Waals surface area contributed by atoms with Gasteiger partial charge in [0.15, 0.2) is 0 Å². The van der Waals surface area contributed by atoms with Crippen molar-refractivity contribution in [3.8, 4) is 0 Å². The Labute approximate surface area is 105 Å². The van der Waals surface area contributed by atoms with Crippen molar-refractivity contribution in [1.29, 1.82) is 0 Å². The van der Waals surface area contributed by atoms with E-state index in [-0.39, 0.29) is 24.9 Å². The molecule has 0 heterocycles. The van der Waals surface area contributed by atoms with Gasteiger partial charge in [-0.05, 0) is 19.9 Å². The smallest absolute Gasteiger partial charge is 0.323 e. The number of sulfonamides is 1. The predicted molar refractivity (Wildman–Crippen MR) is 63.6 cm³/mol. The van der Waals surface area contributed by atoms with E-state index in [1.54, 1.807) is 0 Å². The Morgan fingerprint density at radius 1 is 1.39 bits per heavy atom. The fraction of sp³-hybridized carbons (Fsp3) is 0.778. The minimum Gasteiger partial charge on any atom is -0.480 e. The van der Waals surface area contributed by atoms with Crippen LogP contribution in [0.4, 0.5) is 4.79 Å². The van der Waals surface area contributed by atoms with Gasteiger partial charge in [0.2, 0.25) is 10.0 Å².